The van der Waals surface area contributed by atoms with Gasteiger partial charge < -0.3 is 10.2 Å². The third kappa shape index (κ3) is 4.77. The SMILES string of the molecule is C=C(NC1CCN(C(=O)CC)CC1)S/C(C)=C\C. The van der Waals surface area contributed by atoms with E-state index in [0.29, 0.717) is 12.5 Å². The van der Waals surface area contributed by atoms with Crippen LogP contribution in [0.4, 0.5) is 0 Å². The Labute approximate surface area is 115 Å². The zero-order chi connectivity index (χ0) is 13.5. The van der Waals surface area contributed by atoms with E-state index in [1.807, 2.05) is 18.7 Å². The van der Waals surface area contributed by atoms with Crippen LogP contribution in [-0.4, -0.2) is 29.9 Å². The number of hydrogen-bond donors (Lipinski definition) is 1. The van der Waals surface area contributed by atoms with Crippen LogP contribution in [0.3, 0.4) is 0 Å². The summed E-state index contributed by atoms with van der Waals surface area (Å²) in [5, 5.41) is 4.46. The Morgan fingerprint density at radius 1 is 1.50 bits per heavy atom. The minimum Gasteiger partial charge on any atom is -0.377 e. The van der Waals surface area contributed by atoms with E-state index in [4.69, 9.17) is 0 Å². The predicted molar refractivity (Wildman–Crippen MR) is 79.2 cm³/mol. The Kier molecular flexibility index (Phi) is 6.33. The fraction of sp³-hybridized carbons (Fsp3) is 0.643. The number of nitrogens with zero attached hydrogens (tertiary/aromatic N) is 1. The molecule has 0 aliphatic carbocycles. The van der Waals surface area contributed by atoms with Crippen LogP contribution in [-0.2, 0) is 4.79 Å². The van der Waals surface area contributed by atoms with Crippen molar-refractivity contribution in [1.29, 1.82) is 0 Å². The number of thioether (sulfide) groups is 1. The number of carbonyl (C=O) groups excluding carboxylic acids is 1. The number of allylic oxidation sites excluding steroid dienone is 2. The average Bonchev–Trinajstić information content (AvgIpc) is 2.38. The van der Waals surface area contributed by atoms with E-state index in [1.165, 1.54) is 4.91 Å². The molecule has 4 heteroatoms. The summed E-state index contributed by atoms with van der Waals surface area (Å²) in [5.74, 6) is 0.270. The van der Waals surface area contributed by atoms with Gasteiger partial charge in [0.15, 0.2) is 0 Å². The summed E-state index contributed by atoms with van der Waals surface area (Å²) >= 11 is 1.68. The number of amides is 1. The van der Waals surface area contributed by atoms with Gasteiger partial charge in [-0.15, -0.1) is 0 Å². The van der Waals surface area contributed by atoms with Crippen LogP contribution in [0.2, 0.25) is 0 Å². The fourth-order valence-electron chi connectivity index (χ4n) is 2.01. The first-order chi connectivity index (χ1) is 8.56. The van der Waals surface area contributed by atoms with Crippen molar-refractivity contribution in [3.63, 3.8) is 0 Å². The molecule has 0 aromatic carbocycles. The number of rotatable bonds is 5. The lowest BCUT2D eigenvalue weighted by atomic mass is 10.1. The summed E-state index contributed by atoms with van der Waals surface area (Å²) in [4.78, 5) is 14.8. The second-order valence-electron chi connectivity index (χ2n) is 4.58. The molecule has 0 atom stereocenters. The third-order valence-corrected chi connectivity index (χ3v) is 4.13. The second kappa shape index (κ2) is 7.52. The summed E-state index contributed by atoms with van der Waals surface area (Å²) in [6.45, 7) is 11.8. The van der Waals surface area contributed by atoms with Gasteiger partial charge in [0.25, 0.3) is 0 Å². The van der Waals surface area contributed by atoms with Crippen LogP contribution in [0.15, 0.2) is 22.6 Å². The van der Waals surface area contributed by atoms with Gasteiger partial charge in [0, 0.05) is 25.6 Å². The fourth-order valence-corrected chi connectivity index (χ4v) is 2.74. The highest BCUT2D eigenvalue weighted by Gasteiger charge is 2.21. The van der Waals surface area contributed by atoms with Crippen molar-refractivity contribution in [3.8, 4) is 0 Å². The molecule has 0 saturated carbocycles. The molecule has 0 aromatic rings. The number of piperidine rings is 1. The Morgan fingerprint density at radius 2 is 2.11 bits per heavy atom. The quantitative estimate of drug-likeness (QED) is 0.831. The number of hydrogen-bond acceptors (Lipinski definition) is 3. The van der Waals surface area contributed by atoms with Gasteiger partial charge in [-0.3, -0.25) is 4.79 Å². The van der Waals surface area contributed by atoms with Crippen LogP contribution in [0, 0.1) is 0 Å². The Balaban J connectivity index is 2.31. The molecule has 0 aromatic heterocycles. The van der Waals surface area contributed by atoms with E-state index in [2.05, 4.69) is 24.9 Å². The third-order valence-electron chi connectivity index (χ3n) is 3.21. The first-order valence-corrected chi connectivity index (χ1v) is 7.42. The highest BCUT2D eigenvalue weighted by Crippen LogP contribution is 2.23. The number of likely N-dealkylation sites (tertiary alicyclic amines) is 1. The summed E-state index contributed by atoms with van der Waals surface area (Å²) in [7, 11) is 0. The summed E-state index contributed by atoms with van der Waals surface area (Å²) < 4.78 is 0. The molecular weight excluding hydrogens is 244 g/mol. The summed E-state index contributed by atoms with van der Waals surface area (Å²) in [6.07, 6.45) is 4.72. The molecule has 1 N–H and O–H groups in total. The van der Waals surface area contributed by atoms with Gasteiger partial charge in [0.05, 0.1) is 5.03 Å². The molecular formula is C14H24N2OS. The van der Waals surface area contributed by atoms with Crippen molar-refractivity contribution >= 4 is 17.7 Å². The van der Waals surface area contributed by atoms with Gasteiger partial charge in [0.1, 0.15) is 0 Å². The lowest BCUT2D eigenvalue weighted by Crippen LogP contribution is -2.44. The molecule has 3 nitrogen and oxygen atoms in total. The monoisotopic (exact) mass is 268 g/mol. The van der Waals surface area contributed by atoms with Gasteiger partial charge in [-0.2, -0.15) is 0 Å². The smallest absolute Gasteiger partial charge is 0.222 e. The second-order valence-corrected chi connectivity index (χ2v) is 5.92. The van der Waals surface area contributed by atoms with Crippen molar-refractivity contribution in [2.75, 3.05) is 13.1 Å². The van der Waals surface area contributed by atoms with Crippen LogP contribution in [0.25, 0.3) is 0 Å². The number of nitrogens with one attached hydrogen (secondary N) is 1. The van der Waals surface area contributed by atoms with E-state index >= 15 is 0 Å². The Bertz CT molecular complexity index is 331. The lowest BCUT2D eigenvalue weighted by molar-refractivity contribution is -0.131. The Hall–Kier alpha value is -0.900. The van der Waals surface area contributed by atoms with E-state index in [1.54, 1.807) is 11.8 Å². The van der Waals surface area contributed by atoms with E-state index in [9.17, 15) is 4.79 Å². The molecule has 102 valence electrons. The minimum atomic E-state index is 0.270. The molecule has 1 amide bonds. The molecule has 1 fully saturated rings. The van der Waals surface area contributed by atoms with E-state index in [0.717, 1.165) is 31.0 Å². The van der Waals surface area contributed by atoms with Crippen molar-refractivity contribution in [2.24, 2.45) is 0 Å². The summed E-state index contributed by atoms with van der Waals surface area (Å²) in [5.41, 5.74) is 0. The highest BCUT2D eigenvalue weighted by atomic mass is 32.2. The van der Waals surface area contributed by atoms with Gasteiger partial charge in [-0.1, -0.05) is 31.3 Å². The van der Waals surface area contributed by atoms with Crippen molar-refractivity contribution < 1.29 is 4.79 Å². The van der Waals surface area contributed by atoms with E-state index < -0.39 is 0 Å². The van der Waals surface area contributed by atoms with Gasteiger partial charge in [-0.05, 0) is 31.6 Å². The molecule has 1 saturated heterocycles. The first kappa shape index (κ1) is 15.2. The van der Waals surface area contributed by atoms with Crippen LogP contribution >= 0.6 is 11.8 Å². The lowest BCUT2D eigenvalue weighted by Gasteiger charge is -2.33. The van der Waals surface area contributed by atoms with Crippen molar-refractivity contribution in [1.82, 2.24) is 10.2 Å². The summed E-state index contributed by atoms with van der Waals surface area (Å²) in [6, 6.07) is 0.454. The first-order valence-electron chi connectivity index (χ1n) is 6.60. The van der Waals surface area contributed by atoms with Gasteiger partial charge in [0.2, 0.25) is 5.91 Å². The molecule has 0 radical (unpaired) electrons. The standard InChI is InChI=1S/C14H24N2OS/c1-5-11(3)18-12(4)15-13-7-9-16(10-8-13)14(17)6-2/h5,13,15H,4,6-10H2,1-3H3/b11-5-. The normalized spacial score (nSPS) is 17.7. The largest absolute Gasteiger partial charge is 0.377 e. The molecule has 1 rings (SSSR count). The van der Waals surface area contributed by atoms with Crippen LogP contribution in [0.5, 0.6) is 0 Å². The predicted octanol–water partition coefficient (Wildman–Crippen LogP) is 3.11. The topological polar surface area (TPSA) is 32.3 Å². The minimum absolute atomic E-state index is 0.270. The maximum Gasteiger partial charge on any atom is 0.222 e. The maximum absolute atomic E-state index is 11.6. The molecule has 1 heterocycles. The number of carbonyl (C=O) groups is 1. The highest BCUT2D eigenvalue weighted by molar-refractivity contribution is 8.06. The van der Waals surface area contributed by atoms with Crippen LogP contribution < -0.4 is 5.32 Å². The molecule has 1 aliphatic rings. The molecule has 1 aliphatic heterocycles. The van der Waals surface area contributed by atoms with Gasteiger partial charge >= 0.3 is 0 Å². The van der Waals surface area contributed by atoms with E-state index in [-0.39, 0.29) is 5.91 Å². The molecule has 0 spiro atoms. The zero-order valence-electron chi connectivity index (χ0n) is 11.7. The van der Waals surface area contributed by atoms with Crippen molar-refractivity contribution in [2.45, 2.75) is 46.1 Å². The Morgan fingerprint density at radius 3 is 2.61 bits per heavy atom. The molecule has 18 heavy (non-hydrogen) atoms. The molecule has 0 bridgehead atoms. The van der Waals surface area contributed by atoms with Crippen LogP contribution in [0.1, 0.15) is 40.0 Å². The average molecular weight is 268 g/mol. The molecule has 0 unspecified atom stereocenters. The van der Waals surface area contributed by atoms with Crippen molar-refractivity contribution in [3.05, 3.63) is 22.6 Å². The maximum atomic E-state index is 11.6. The zero-order valence-corrected chi connectivity index (χ0v) is 12.5. The van der Waals surface area contributed by atoms with Gasteiger partial charge in [-0.25, -0.2) is 0 Å².